The van der Waals surface area contributed by atoms with E-state index in [4.69, 9.17) is 5.73 Å². The molecule has 2 aliphatic rings. The number of rotatable bonds is 3. The Morgan fingerprint density at radius 1 is 0.947 bits per heavy atom. The van der Waals surface area contributed by atoms with Crippen molar-refractivity contribution in [2.75, 3.05) is 26.2 Å². The maximum Gasteiger partial charge on any atom is 0.0108 e. The average molecular weight is 267 g/mol. The summed E-state index contributed by atoms with van der Waals surface area (Å²) in [5.41, 5.74) is 6.12. The van der Waals surface area contributed by atoms with E-state index in [0.29, 0.717) is 12.1 Å². The normalized spacial score (nSPS) is 33.3. The molecule has 3 atom stereocenters. The van der Waals surface area contributed by atoms with Crippen molar-refractivity contribution in [1.29, 1.82) is 0 Å². The van der Waals surface area contributed by atoms with E-state index in [1.807, 2.05) is 0 Å². The van der Waals surface area contributed by atoms with Crippen LogP contribution in [-0.4, -0.2) is 54.1 Å². The summed E-state index contributed by atoms with van der Waals surface area (Å²) in [4.78, 5) is 5.40. The summed E-state index contributed by atoms with van der Waals surface area (Å²) in [6, 6.07) is 1.88. The summed E-state index contributed by atoms with van der Waals surface area (Å²) in [7, 11) is 0. The van der Waals surface area contributed by atoms with Gasteiger partial charge in [0.15, 0.2) is 0 Å². The van der Waals surface area contributed by atoms with Crippen LogP contribution in [0.25, 0.3) is 0 Å². The van der Waals surface area contributed by atoms with Crippen molar-refractivity contribution in [2.24, 2.45) is 11.7 Å². The fraction of sp³-hybridized carbons (Fsp3) is 1.00. The first kappa shape index (κ1) is 15.3. The van der Waals surface area contributed by atoms with Crippen LogP contribution < -0.4 is 5.73 Å². The van der Waals surface area contributed by atoms with Gasteiger partial charge in [-0.3, -0.25) is 0 Å². The molecule has 2 aliphatic heterocycles. The fourth-order valence-electron chi connectivity index (χ4n) is 3.78. The molecule has 2 rings (SSSR count). The minimum Gasteiger partial charge on any atom is -0.328 e. The molecule has 112 valence electrons. The minimum atomic E-state index is 0.362. The maximum absolute atomic E-state index is 6.12. The van der Waals surface area contributed by atoms with Gasteiger partial charge in [-0.2, -0.15) is 0 Å². The number of nitrogens with zero attached hydrogens (tertiary/aromatic N) is 2. The van der Waals surface area contributed by atoms with Gasteiger partial charge in [0, 0.05) is 24.7 Å². The van der Waals surface area contributed by atoms with Crippen LogP contribution >= 0.6 is 0 Å². The van der Waals surface area contributed by atoms with Crippen molar-refractivity contribution in [3.63, 3.8) is 0 Å². The third kappa shape index (κ3) is 4.17. The highest BCUT2D eigenvalue weighted by atomic mass is 15.2. The average Bonchev–Trinajstić information content (AvgIpc) is 2.64. The van der Waals surface area contributed by atoms with Gasteiger partial charge < -0.3 is 15.5 Å². The van der Waals surface area contributed by atoms with Gasteiger partial charge in [0.25, 0.3) is 0 Å². The molecule has 3 heteroatoms. The van der Waals surface area contributed by atoms with Gasteiger partial charge in [0.2, 0.25) is 0 Å². The Morgan fingerprint density at radius 2 is 1.68 bits per heavy atom. The molecule has 0 bridgehead atoms. The largest absolute Gasteiger partial charge is 0.328 e. The third-order valence-corrected chi connectivity index (χ3v) is 5.21. The van der Waals surface area contributed by atoms with E-state index in [1.54, 1.807) is 0 Å². The smallest absolute Gasteiger partial charge is 0.0108 e. The van der Waals surface area contributed by atoms with Gasteiger partial charge in [0.05, 0.1) is 0 Å². The standard InChI is InChI=1S/C16H33N3/c1-13(2)18-9-5-7-16(8-11-18)19-10-4-6-15(12-19)14(3)17/h13-16H,4-12,17H2,1-3H3. The van der Waals surface area contributed by atoms with E-state index in [0.717, 1.165) is 12.0 Å². The van der Waals surface area contributed by atoms with Crippen LogP contribution in [0.1, 0.15) is 52.9 Å². The van der Waals surface area contributed by atoms with Crippen molar-refractivity contribution in [2.45, 2.75) is 71.0 Å². The summed E-state index contributed by atoms with van der Waals surface area (Å²) in [6.45, 7) is 11.9. The molecule has 0 aromatic carbocycles. The van der Waals surface area contributed by atoms with E-state index < -0.39 is 0 Å². The molecule has 0 spiro atoms. The number of piperidine rings is 1. The first-order valence-electron chi connectivity index (χ1n) is 8.31. The van der Waals surface area contributed by atoms with E-state index in [2.05, 4.69) is 30.6 Å². The predicted molar refractivity (Wildman–Crippen MR) is 82.3 cm³/mol. The van der Waals surface area contributed by atoms with Gasteiger partial charge in [-0.25, -0.2) is 0 Å². The lowest BCUT2D eigenvalue weighted by atomic mass is 9.90. The molecular formula is C16H33N3. The zero-order valence-electron chi connectivity index (χ0n) is 13.1. The fourth-order valence-corrected chi connectivity index (χ4v) is 3.78. The summed E-state index contributed by atoms with van der Waals surface area (Å²) < 4.78 is 0. The zero-order valence-corrected chi connectivity index (χ0v) is 13.1. The maximum atomic E-state index is 6.12. The second kappa shape index (κ2) is 7.05. The van der Waals surface area contributed by atoms with Crippen molar-refractivity contribution >= 4 is 0 Å². The molecule has 0 saturated carbocycles. The molecule has 0 aromatic heterocycles. The highest BCUT2D eigenvalue weighted by molar-refractivity contribution is 4.85. The SMILES string of the molecule is CC(N)C1CCCN(C2CCCN(C(C)C)CC2)C1. The highest BCUT2D eigenvalue weighted by Gasteiger charge is 2.29. The molecule has 2 saturated heterocycles. The van der Waals surface area contributed by atoms with Gasteiger partial charge in [-0.15, -0.1) is 0 Å². The van der Waals surface area contributed by atoms with Crippen molar-refractivity contribution in [3.05, 3.63) is 0 Å². The Kier molecular flexibility index (Phi) is 5.67. The lowest BCUT2D eigenvalue weighted by Crippen LogP contribution is -2.47. The van der Waals surface area contributed by atoms with Crippen molar-refractivity contribution < 1.29 is 0 Å². The van der Waals surface area contributed by atoms with E-state index >= 15 is 0 Å². The molecule has 3 nitrogen and oxygen atoms in total. The lowest BCUT2D eigenvalue weighted by Gasteiger charge is -2.39. The molecule has 2 N–H and O–H groups in total. The summed E-state index contributed by atoms with van der Waals surface area (Å²) in [5, 5.41) is 0. The minimum absolute atomic E-state index is 0.362. The van der Waals surface area contributed by atoms with E-state index in [9.17, 15) is 0 Å². The van der Waals surface area contributed by atoms with Crippen LogP contribution in [0.2, 0.25) is 0 Å². The number of hydrogen-bond acceptors (Lipinski definition) is 3. The topological polar surface area (TPSA) is 32.5 Å². The second-order valence-corrected chi connectivity index (χ2v) is 6.97. The summed E-state index contributed by atoms with van der Waals surface area (Å²) >= 11 is 0. The molecule has 0 aliphatic carbocycles. The molecule has 3 unspecified atom stereocenters. The van der Waals surface area contributed by atoms with E-state index in [-0.39, 0.29) is 0 Å². The molecule has 0 aromatic rings. The number of nitrogens with two attached hydrogens (primary N) is 1. The van der Waals surface area contributed by atoms with Gasteiger partial charge in [-0.05, 0) is 78.4 Å². The van der Waals surface area contributed by atoms with Crippen molar-refractivity contribution in [3.8, 4) is 0 Å². The number of hydrogen-bond donors (Lipinski definition) is 1. The number of likely N-dealkylation sites (tertiary alicyclic amines) is 2. The molecule has 0 radical (unpaired) electrons. The molecule has 19 heavy (non-hydrogen) atoms. The Morgan fingerprint density at radius 3 is 2.37 bits per heavy atom. The monoisotopic (exact) mass is 267 g/mol. The van der Waals surface area contributed by atoms with Gasteiger partial charge in [0.1, 0.15) is 0 Å². The van der Waals surface area contributed by atoms with Crippen LogP contribution in [0, 0.1) is 5.92 Å². The quantitative estimate of drug-likeness (QED) is 0.852. The van der Waals surface area contributed by atoms with Gasteiger partial charge >= 0.3 is 0 Å². The first-order chi connectivity index (χ1) is 9.08. The Balaban J connectivity index is 1.87. The highest BCUT2D eigenvalue weighted by Crippen LogP contribution is 2.25. The van der Waals surface area contributed by atoms with Crippen molar-refractivity contribution in [1.82, 2.24) is 9.80 Å². The van der Waals surface area contributed by atoms with Crippen LogP contribution in [0.4, 0.5) is 0 Å². The Bertz CT molecular complexity index is 265. The van der Waals surface area contributed by atoms with Crippen LogP contribution in [-0.2, 0) is 0 Å². The van der Waals surface area contributed by atoms with Crippen LogP contribution in [0.5, 0.6) is 0 Å². The summed E-state index contributed by atoms with van der Waals surface area (Å²) in [6.07, 6.45) is 6.77. The van der Waals surface area contributed by atoms with Crippen LogP contribution in [0.15, 0.2) is 0 Å². The first-order valence-corrected chi connectivity index (χ1v) is 8.31. The zero-order chi connectivity index (χ0) is 13.8. The molecule has 2 heterocycles. The predicted octanol–water partition coefficient (Wildman–Crippen LogP) is 2.31. The summed E-state index contributed by atoms with van der Waals surface area (Å²) in [5.74, 6) is 0.721. The Labute approximate surface area is 119 Å². The molecule has 0 amide bonds. The van der Waals surface area contributed by atoms with E-state index in [1.165, 1.54) is 58.3 Å². The molecular weight excluding hydrogens is 234 g/mol. The lowest BCUT2D eigenvalue weighted by molar-refractivity contribution is 0.103. The third-order valence-electron chi connectivity index (χ3n) is 5.21. The Hall–Kier alpha value is -0.120. The molecule has 2 fully saturated rings. The van der Waals surface area contributed by atoms with Crippen LogP contribution in [0.3, 0.4) is 0 Å². The second-order valence-electron chi connectivity index (χ2n) is 6.97. The van der Waals surface area contributed by atoms with Gasteiger partial charge in [-0.1, -0.05) is 0 Å².